The monoisotopic (exact) mass is 388 g/mol. The highest BCUT2D eigenvalue weighted by Crippen LogP contribution is 2.16. The van der Waals surface area contributed by atoms with Gasteiger partial charge in [0.15, 0.2) is 0 Å². The minimum atomic E-state index is -0.0502. The first-order valence-electron chi connectivity index (χ1n) is 9.83. The molecule has 3 aromatic rings. The molecule has 1 aliphatic heterocycles. The fourth-order valence-corrected chi connectivity index (χ4v) is 3.46. The highest BCUT2D eigenvalue weighted by molar-refractivity contribution is 5.95. The Morgan fingerprint density at radius 2 is 1.76 bits per heavy atom. The predicted octanol–water partition coefficient (Wildman–Crippen LogP) is 3.01. The zero-order valence-electron chi connectivity index (χ0n) is 16.2. The zero-order valence-corrected chi connectivity index (χ0v) is 16.2. The highest BCUT2D eigenvalue weighted by atomic mass is 16.1. The molecule has 7 nitrogen and oxygen atoms in total. The second kappa shape index (κ2) is 9.25. The number of carbonyl (C=O) groups excluding carboxylic acids is 1. The first kappa shape index (κ1) is 19.0. The van der Waals surface area contributed by atoms with E-state index in [4.69, 9.17) is 0 Å². The van der Waals surface area contributed by atoms with Crippen LogP contribution >= 0.6 is 0 Å². The minimum Gasteiger partial charge on any atom is -0.349 e. The van der Waals surface area contributed by atoms with Crippen molar-refractivity contribution < 1.29 is 4.79 Å². The standard InChI is InChI=1S/C22H24N6O/c29-21(17-5-3-7-19(15-17)27-22-24-11-4-12-25-22)26-18-8-13-28(14-9-18)16-20-6-1-2-10-23-20/h1-7,10-12,15,18H,8-9,13-14,16H2,(H,26,29)(H,24,25,27). The number of hydrogen-bond acceptors (Lipinski definition) is 6. The Kier molecular flexibility index (Phi) is 6.07. The van der Waals surface area contributed by atoms with E-state index in [1.54, 1.807) is 18.5 Å². The number of likely N-dealkylation sites (tertiary alicyclic amines) is 1. The Balaban J connectivity index is 1.29. The van der Waals surface area contributed by atoms with Crippen molar-refractivity contribution in [2.24, 2.45) is 0 Å². The molecule has 2 aromatic heterocycles. The molecular weight excluding hydrogens is 364 g/mol. The molecule has 29 heavy (non-hydrogen) atoms. The van der Waals surface area contributed by atoms with Crippen molar-refractivity contribution in [3.63, 3.8) is 0 Å². The molecule has 0 aliphatic carbocycles. The summed E-state index contributed by atoms with van der Waals surface area (Å²) in [6.45, 7) is 2.76. The van der Waals surface area contributed by atoms with Crippen LogP contribution in [0, 0.1) is 0 Å². The second-order valence-corrected chi connectivity index (χ2v) is 7.12. The maximum Gasteiger partial charge on any atom is 0.251 e. The maximum atomic E-state index is 12.7. The lowest BCUT2D eigenvalue weighted by Gasteiger charge is -2.32. The number of benzene rings is 1. The van der Waals surface area contributed by atoms with Crippen LogP contribution in [0.4, 0.5) is 11.6 Å². The van der Waals surface area contributed by atoms with Gasteiger partial charge in [0.1, 0.15) is 0 Å². The van der Waals surface area contributed by atoms with Gasteiger partial charge in [-0.1, -0.05) is 12.1 Å². The van der Waals surface area contributed by atoms with E-state index in [2.05, 4.69) is 36.6 Å². The minimum absolute atomic E-state index is 0.0502. The van der Waals surface area contributed by atoms with Gasteiger partial charge in [-0.2, -0.15) is 0 Å². The number of hydrogen-bond donors (Lipinski definition) is 2. The van der Waals surface area contributed by atoms with Gasteiger partial charge in [0.25, 0.3) is 5.91 Å². The number of nitrogens with zero attached hydrogens (tertiary/aromatic N) is 4. The topological polar surface area (TPSA) is 83.0 Å². The van der Waals surface area contributed by atoms with Gasteiger partial charge in [0.05, 0.1) is 5.69 Å². The summed E-state index contributed by atoms with van der Waals surface area (Å²) >= 11 is 0. The van der Waals surface area contributed by atoms with Gasteiger partial charge in [-0.05, 0) is 49.2 Å². The lowest BCUT2D eigenvalue weighted by molar-refractivity contribution is 0.0908. The molecule has 0 unspecified atom stereocenters. The van der Waals surface area contributed by atoms with E-state index in [1.165, 1.54) is 0 Å². The van der Waals surface area contributed by atoms with E-state index in [-0.39, 0.29) is 11.9 Å². The molecule has 148 valence electrons. The van der Waals surface area contributed by atoms with Crippen molar-refractivity contribution in [2.45, 2.75) is 25.4 Å². The summed E-state index contributed by atoms with van der Waals surface area (Å²) < 4.78 is 0. The molecule has 0 saturated carbocycles. The van der Waals surface area contributed by atoms with Crippen molar-refractivity contribution in [1.29, 1.82) is 0 Å². The van der Waals surface area contributed by atoms with Crippen LogP contribution in [-0.2, 0) is 6.54 Å². The van der Waals surface area contributed by atoms with Crippen LogP contribution in [0.25, 0.3) is 0 Å². The van der Waals surface area contributed by atoms with Gasteiger partial charge in [-0.15, -0.1) is 0 Å². The molecule has 4 rings (SSSR count). The van der Waals surface area contributed by atoms with Crippen molar-refractivity contribution in [1.82, 2.24) is 25.2 Å². The Morgan fingerprint density at radius 3 is 2.52 bits per heavy atom. The van der Waals surface area contributed by atoms with E-state index < -0.39 is 0 Å². The van der Waals surface area contributed by atoms with Crippen LogP contribution in [0.15, 0.2) is 67.1 Å². The van der Waals surface area contributed by atoms with E-state index in [9.17, 15) is 4.79 Å². The molecule has 0 radical (unpaired) electrons. The molecular formula is C22H24N6O. The van der Waals surface area contributed by atoms with Crippen LogP contribution in [-0.4, -0.2) is 44.9 Å². The van der Waals surface area contributed by atoms with Crippen LogP contribution < -0.4 is 10.6 Å². The van der Waals surface area contributed by atoms with Crippen LogP contribution in [0.1, 0.15) is 28.9 Å². The Bertz CT molecular complexity index is 926. The Morgan fingerprint density at radius 1 is 0.966 bits per heavy atom. The summed E-state index contributed by atoms with van der Waals surface area (Å²) in [4.78, 5) is 27.8. The second-order valence-electron chi connectivity index (χ2n) is 7.12. The SMILES string of the molecule is O=C(NC1CCN(Cc2ccccn2)CC1)c1cccc(Nc2ncccn2)c1. The van der Waals surface area contributed by atoms with E-state index in [0.29, 0.717) is 11.5 Å². The molecule has 7 heteroatoms. The van der Waals surface area contributed by atoms with Crippen molar-refractivity contribution in [2.75, 3.05) is 18.4 Å². The number of anilines is 2. The maximum absolute atomic E-state index is 12.7. The summed E-state index contributed by atoms with van der Waals surface area (Å²) in [6, 6.07) is 15.3. The number of pyridine rings is 1. The number of aromatic nitrogens is 3. The van der Waals surface area contributed by atoms with E-state index in [1.807, 2.05) is 42.6 Å². The molecule has 1 amide bonds. The molecule has 1 fully saturated rings. The molecule has 0 atom stereocenters. The highest BCUT2D eigenvalue weighted by Gasteiger charge is 2.21. The molecule has 3 heterocycles. The van der Waals surface area contributed by atoms with Gasteiger partial charge in [-0.3, -0.25) is 14.7 Å². The van der Waals surface area contributed by atoms with Crippen molar-refractivity contribution >= 4 is 17.5 Å². The molecule has 1 saturated heterocycles. The third kappa shape index (κ3) is 5.36. The van der Waals surface area contributed by atoms with Gasteiger partial charge in [0, 0.05) is 55.5 Å². The average Bonchev–Trinajstić information content (AvgIpc) is 2.77. The lowest BCUT2D eigenvalue weighted by atomic mass is 10.0. The molecule has 1 aromatic carbocycles. The average molecular weight is 388 g/mol. The zero-order chi connectivity index (χ0) is 19.9. The Labute approximate surface area is 170 Å². The van der Waals surface area contributed by atoms with Gasteiger partial charge in [0.2, 0.25) is 5.95 Å². The first-order valence-corrected chi connectivity index (χ1v) is 9.83. The predicted molar refractivity (Wildman–Crippen MR) is 112 cm³/mol. The summed E-state index contributed by atoms with van der Waals surface area (Å²) in [5, 5.41) is 6.29. The normalized spacial score (nSPS) is 15.0. The fraction of sp³-hybridized carbons (Fsp3) is 0.273. The number of piperidine rings is 1. The van der Waals surface area contributed by atoms with Crippen LogP contribution in [0.5, 0.6) is 0 Å². The smallest absolute Gasteiger partial charge is 0.251 e. The summed E-state index contributed by atoms with van der Waals surface area (Å²) in [6.07, 6.45) is 7.05. The third-order valence-corrected chi connectivity index (χ3v) is 4.98. The third-order valence-electron chi connectivity index (χ3n) is 4.98. The quantitative estimate of drug-likeness (QED) is 0.675. The van der Waals surface area contributed by atoms with E-state index in [0.717, 1.165) is 43.9 Å². The summed E-state index contributed by atoms with van der Waals surface area (Å²) in [5.74, 6) is 0.455. The molecule has 0 spiro atoms. The van der Waals surface area contributed by atoms with Crippen LogP contribution in [0.3, 0.4) is 0 Å². The lowest BCUT2D eigenvalue weighted by Crippen LogP contribution is -2.44. The number of carbonyl (C=O) groups is 1. The number of rotatable bonds is 6. The van der Waals surface area contributed by atoms with Crippen molar-refractivity contribution in [3.8, 4) is 0 Å². The first-order chi connectivity index (χ1) is 14.3. The Hall–Kier alpha value is -3.32. The van der Waals surface area contributed by atoms with Gasteiger partial charge in [-0.25, -0.2) is 9.97 Å². The molecule has 2 N–H and O–H groups in total. The van der Waals surface area contributed by atoms with Gasteiger partial charge < -0.3 is 10.6 Å². The summed E-state index contributed by atoms with van der Waals surface area (Å²) in [5.41, 5.74) is 2.50. The van der Waals surface area contributed by atoms with Gasteiger partial charge >= 0.3 is 0 Å². The largest absolute Gasteiger partial charge is 0.349 e. The number of nitrogens with one attached hydrogen (secondary N) is 2. The van der Waals surface area contributed by atoms with Crippen molar-refractivity contribution in [3.05, 3.63) is 78.4 Å². The molecule has 1 aliphatic rings. The fourth-order valence-electron chi connectivity index (χ4n) is 3.46. The van der Waals surface area contributed by atoms with Crippen LogP contribution in [0.2, 0.25) is 0 Å². The summed E-state index contributed by atoms with van der Waals surface area (Å²) in [7, 11) is 0. The number of amides is 1. The molecule has 0 bridgehead atoms. The van der Waals surface area contributed by atoms with E-state index >= 15 is 0 Å².